The Hall–Kier alpha value is -1.49. The fraction of sp³-hybridized carbons (Fsp3) is 0.308. The SMILES string of the molecule is CC(C)n1cncc1CSc1ccc(N)cc1F. The van der Waals surface area contributed by atoms with E-state index >= 15 is 0 Å². The summed E-state index contributed by atoms with van der Waals surface area (Å²) in [5.41, 5.74) is 7.06. The lowest BCUT2D eigenvalue weighted by Gasteiger charge is -2.11. The predicted octanol–water partition coefficient (Wildman–Crippen LogP) is 3.48. The molecule has 0 spiro atoms. The van der Waals surface area contributed by atoms with Gasteiger partial charge in [0.1, 0.15) is 5.82 Å². The molecule has 96 valence electrons. The molecule has 0 atom stereocenters. The third kappa shape index (κ3) is 2.85. The Morgan fingerprint density at radius 1 is 1.44 bits per heavy atom. The lowest BCUT2D eigenvalue weighted by atomic mass is 10.3. The van der Waals surface area contributed by atoms with Crippen LogP contribution in [-0.4, -0.2) is 9.55 Å². The number of nitrogens with zero attached hydrogens (tertiary/aromatic N) is 2. The number of hydrogen-bond donors (Lipinski definition) is 1. The molecule has 2 N–H and O–H groups in total. The molecule has 0 unspecified atom stereocenters. The molecule has 0 aliphatic rings. The molecule has 2 rings (SSSR count). The Labute approximate surface area is 110 Å². The minimum Gasteiger partial charge on any atom is -0.399 e. The first-order chi connectivity index (χ1) is 8.58. The van der Waals surface area contributed by atoms with E-state index in [2.05, 4.69) is 23.4 Å². The van der Waals surface area contributed by atoms with E-state index in [1.807, 2.05) is 6.20 Å². The molecule has 5 heteroatoms. The molecule has 1 aromatic carbocycles. The normalized spacial score (nSPS) is 11.1. The fourth-order valence-corrected chi connectivity index (χ4v) is 2.58. The third-order valence-electron chi connectivity index (χ3n) is 2.63. The van der Waals surface area contributed by atoms with Gasteiger partial charge in [0.05, 0.1) is 6.33 Å². The first-order valence-corrected chi connectivity index (χ1v) is 6.75. The Kier molecular flexibility index (Phi) is 3.91. The van der Waals surface area contributed by atoms with Gasteiger partial charge in [0.15, 0.2) is 0 Å². The molecule has 0 aliphatic carbocycles. The molecule has 0 saturated carbocycles. The average molecular weight is 265 g/mol. The lowest BCUT2D eigenvalue weighted by Crippen LogP contribution is -2.03. The summed E-state index contributed by atoms with van der Waals surface area (Å²) >= 11 is 1.45. The van der Waals surface area contributed by atoms with Crippen LogP contribution in [0.1, 0.15) is 25.6 Å². The van der Waals surface area contributed by atoms with Crippen LogP contribution in [-0.2, 0) is 5.75 Å². The van der Waals surface area contributed by atoms with Gasteiger partial charge in [0.25, 0.3) is 0 Å². The van der Waals surface area contributed by atoms with E-state index in [1.54, 1.807) is 18.5 Å². The zero-order chi connectivity index (χ0) is 13.1. The van der Waals surface area contributed by atoms with E-state index in [0.717, 1.165) is 5.69 Å². The first-order valence-electron chi connectivity index (χ1n) is 5.76. The number of imidazole rings is 1. The van der Waals surface area contributed by atoms with Gasteiger partial charge in [-0.1, -0.05) is 0 Å². The van der Waals surface area contributed by atoms with E-state index in [9.17, 15) is 4.39 Å². The zero-order valence-electron chi connectivity index (χ0n) is 10.4. The smallest absolute Gasteiger partial charge is 0.138 e. The Bertz CT molecular complexity index is 537. The van der Waals surface area contributed by atoms with Crippen molar-refractivity contribution in [3.8, 4) is 0 Å². The highest BCUT2D eigenvalue weighted by Crippen LogP contribution is 2.27. The van der Waals surface area contributed by atoms with Crippen LogP contribution in [0.5, 0.6) is 0 Å². The van der Waals surface area contributed by atoms with Gasteiger partial charge in [-0.3, -0.25) is 0 Å². The van der Waals surface area contributed by atoms with Crippen LogP contribution in [0.2, 0.25) is 0 Å². The van der Waals surface area contributed by atoms with Crippen LogP contribution in [0.3, 0.4) is 0 Å². The summed E-state index contributed by atoms with van der Waals surface area (Å²) < 4.78 is 15.7. The minimum atomic E-state index is -0.268. The van der Waals surface area contributed by atoms with Crippen LogP contribution >= 0.6 is 11.8 Å². The van der Waals surface area contributed by atoms with E-state index in [4.69, 9.17) is 5.73 Å². The molecule has 1 aromatic heterocycles. The number of rotatable bonds is 4. The summed E-state index contributed by atoms with van der Waals surface area (Å²) in [6.45, 7) is 4.19. The monoisotopic (exact) mass is 265 g/mol. The second-order valence-electron chi connectivity index (χ2n) is 4.36. The van der Waals surface area contributed by atoms with E-state index in [-0.39, 0.29) is 5.82 Å². The summed E-state index contributed by atoms with van der Waals surface area (Å²) in [5.74, 6) is 0.426. The van der Waals surface area contributed by atoms with Gasteiger partial charge in [-0.2, -0.15) is 0 Å². The average Bonchev–Trinajstić information content (AvgIpc) is 2.76. The van der Waals surface area contributed by atoms with Crippen molar-refractivity contribution in [2.45, 2.75) is 30.5 Å². The van der Waals surface area contributed by atoms with Gasteiger partial charge >= 0.3 is 0 Å². The number of aromatic nitrogens is 2. The minimum absolute atomic E-state index is 0.268. The zero-order valence-corrected chi connectivity index (χ0v) is 11.2. The quantitative estimate of drug-likeness (QED) is 0.680. The van der Waals surface area contributed by atoms with Gasteiger partial charge in [-0.05, 0) is 32.0 Å². The lowest BCUT2D eigenvalue weighted by molar-refractivity contribution is 0.583. The summed E-state index contributed by atoms with van der Waals surface area (Å²) in [6, 6.07) is 5.14. The van der Waals surface area contributed by atoms with Gasteiger partial charge in [0.2, 0.25) is 0 Å². The number of anilines is 1. The first kappa shape index (κ1) is 13.0. The maximum absolute atomic E-state index is 13.6. The summed E-state index contributed by atoms with van der Waals surface area (Å²) in [5, 5.41) is 0. The molecular formula is C13H16FN3S. The molecule has 0 saturated heterocycles. The van der Waals surface area contributed by atoms with Crippen LogP contribution in [0.25, 0.3) is 0 Å². The Balaban J connectivity index is 2.09. The van der Waals surface area contributed by atoms with Gasteiger partial charge < -0.3 is 10.3 Å². The van der Waals surface area contributed by atoms with Crippen molar-refractivity contribution in [3.05, 3.63) is 42.2 Å². The Morgan fingerprint density at radius 3 is 2.89 bits per heavy atom. The van der Waals surface area contributed by atoms with Gasteiger partial charge in [-0.25, -0.2) is 9.37 Å². The van der Waals surface area contributed by atoms with E-state index in [0.29, 0.717) is 22.4 Å². The summed E-state index contributed by atoms with van der Waals surface area (Å²) in [6.07, 6.45) is 3.63. The summed E-state index contributed by atoms with van der Waals surface area (Å²) in [4.78, 5) is 4.74. The van der Waals surface area contributed by atoms with Crippen LogP contribution in [0.4, 0.5) is 10.1 Å². The van der Waals surface area contributed by atoms with Crippen LogP contribution in [0, 0.1) is 5.82 Å². The highest BCUT2D eigenvalue weighted by atomic mass is 32.2. The van der Waals surface area contributed by atoms with Crippen molar-refractivity contribution in [2.24, 2.45) is 0 Å². The van der Waals surface area contributed by atoms with Crippen molar-refractivity contribution < 1.29 is 4.39 Å². The predicted molar refractivity (Wildman–Crippen MR) is 73.0 cm³/mol. The molecule has 3 nitrogen and oxygen atoms in total. The second kappa shape index (κ2) is 5.44. The van der Waals surface area contributed by atoms with Crippen molar-refractivity contribution in [1.29, 1.82) is 0 Å². The maximum Gasteiger partial charge on any atom is 0.138 e. The fourth-order valence-electron chi connectivity index (χ4n) is 1.69. The highest BCUT2D eigenvalue weighted by molar-refractivity contribution is 7.98. The van der Waals surface area contributed by atoms with Crippen molar-refractivity contribution in [2.75, 3.05) is 5.73 Å². The van der Waals surface area contributed by atoms with Crippen LogP contribution in [0.15, 0.2) is 35.6 Å². The molecule has 18 heavy (non-hydrogen) atoms. The number of nitrogen functional groups attached to an aromatic ring is 1. The molecule has 0 radical (unpaired) electrons. The number of benzene rings is 1. The number of nitrogens with two attached hydrogens (primary N) is 1. The van der Waals surface area contributed by atoms with E-state index < -0.39 is 0 Å². The van der Waals surface area contributed by atoms with Crippen molar-refractivity contribution >= 4 is 17.4 Å². The number of thioether (sulfide) groups is 1. The molecule has 0 bridgehead atoms. The number of halogens is 1. The second-order valence-corrected chi connectivity index (χ2v) is 5.38. The third-order valence-corrected chi connectivity index (χ3v) is 3.72. The molecule has 0 aliphatic heterocycles. The van der Waals surface area contributed by atoms with E-state index in [1.165, 1.54) is 17.8 Å². The molecule has 0 fully saturated rings. The Morgan fingerprint density at radius 2 is 2.22 bits per heavy atom. The van der Waals surface area contributed by atoms with Crippen molar-refractivity contribution in [1.82, 2.24) is 9.55 Å². The van der Waals surface area contributed by atoms with Gasteiger partial charge in [0, 0.05) is 34.3 Å². The highest BCUT2D eigenvalue weighted by Gasteiger charge is 2.08. The van der Waals surface area contributed by atoms with Crippen molar-refractivity contribution in [3.63, 3.8) is 0 Å². The standard InChI is InChI=1S/C13H16FN3S/c1-9(2)17-8-16-6-11(17)7-18-13-4-3-10(15)5-12(13)14/h3-6,8-9H,7,15H2,1-2H3. The molecular weight excluding hydrogens is 249 g/mol. The maximum atomic E-state index is 13.6. The number of hydrogen-bond acceptors (Lipinski definition) is 3. The van der Waals surface area contributed by atoms with Gasteiger partial charge in [-0.15, -0.1) is 11.8 Å². The summed E-state index contributed by atoms with van der Waals surface area (Å²) in [7, 11) is 0. The topological polar surface area (TPSA) is 43.8 Å². The molecule has 1 heterocycles. The molecule has 0 amide bonds. The molecule has 2 aromatic rings. The largest absolute Gasteiger partial charge is 0.399 e. The van der Waals surface area contributed by atoms with Crippen LogP contribution < -0.4 is 5.73 Å².